The van der Waals surface area contributed by atoms with Crippen molar-refractivity contribution in [3.63, 3.8) is 0 Å². The molecule has 0 radical (unpaired) electrons. The molecule has 0 spiro atoms. The van der Waals surface area contributed by atoms with Crippen molar-refractivity contribution in [3.8, 4) is 5.75 Å². The normalized spacial score (nSPS) is 18.0. The maximum atomic E-state index is 13.0. The Labute approximate surface area is 170 Å². The van der Waals surface area contributed by atoms with Crippen LogP contribution >= 0.6 is 11.3 Å². The molecule has 2 aliphatic rings. The second-order valence-corrected chi connectivity index (χ2v) is 8.54. The Morgan fingerprint density at radius 2 is 2.14 bits per heavy atom. The highest BCUT2D eigenvalue weighted by atomic mass is 32.1. The van der Waals surface area contributed by atoms with E-state index in [9.17, 15) is 14.4 Å². The quantitative estimate of drug-likeness (QED) is 0.672. The third kappa shape index (κ3) is 3.04. The Morgan fingerprint density at radius 1 is 1.31 bits per heavy atom. The van der Waals surface area contributed by atoms with Crippen molar-refractivity contribution in [3.05, 3.63) is 50.9 Å². The van der Waals surface area contributed by atoms with Crippen LogP contribution in [0.1, 0.15) is 40.6 Å². The van der Waals surface area contributed by atoms with E-state index in [0.717, 1.165) is 36.1 Å². The number of rotatable bonds is 3. The number of carbonyl (C=O) groups excluding carboxylic acids is 2. The number of nitrogens with zero attached hydrogens (tertiary/aromatic N) is 2. The third-order valence-electron chi connectivity index (χ3n) is 5.49. The average molecular weight is 409 g/mol. The Bertz CT molecular complexity index is 1230. The number of carbonyl (C=O) groups is 2. The summed E-state index contributed by atoms with van der Waals surface area (Å²) in [6, 6.07) is 4.90. The van der Waals surface area contributed by atoms with Crippen LogP contribution in [0, 0.1) is 0 Å². The van der Waals surface area contributed by atoms with Crippen LogP contribution < -0.4 is 15.6 Å². The summed E-state index contributed by atoms with van der Waals surface area (Å²) >= 11 is 1.59. The van der Waals surface area contributed by atoms with Crippen molar-refractivity contribution in [2.24, 2.45) is 0 Å². The molecule has 3 heterocycles. The van der Waals surface area contributed by atoms with E-state index < -0.39 is 6.10 Å². The highest BCUT2D eigenvalue weighted by molar-refractivity contribution is 7.18. The molecule has 1 amide bonds. The molecule has 7 nitrogen and oxygen atoms in total. The molecule has 0 saturated heterocycles. The molecule has 1 N–H and O–H groups in total. The topological polar surface area (TPSA) is 90.3 Å². The van der Waals surface area contributed by atoms with Crippen LogP contribution in [0.4, 0.5) is 5.69 Å². The fraction of sp³-hybridized carbons (Fsp3) is 0.333. The molecule has 1 aliphatic carbocycles. The molecule has 2 aromatic heterocycles. The SMILES string of the molecule is CC1Oc2ccc(C(=O)Cn3cnc4sc5c(c4c3=O)CCCC5)cc2NC1=O. The van der Waals surface area contributed by atoms with Gasteiger partial charge in [-0.05, 0) is 56.4 Å². The molecule has 0 saturated carbocycles. The predicted molar refractivity (Wildman–Crippen MR) is 110 cm³/mol. The van der Waals surface area contributed by atoms with Crippen molar-refractivity contribution in [2.45, 2.75) is 45.3 Å². The Hall–Kier alpha value is -3.00. The van der Waals surface area contributed by atoms with Crippen LogP contribution in [0.3, 0.4) is 0 Å². The van der Waals surface area contributed by atoms with Gasteiger partial charge in [0.25, 0.3) is 11.5 Å². The predicted octanol–water partition coefficient (Wildman–Crippen LogP) is 2.94. The molecule has 1 aromatic carbocycles. The summed E-state index contributed by atoms with van der Waals surface area (Å²) in [5, 5.41) is 3.41. The molecule has 1 aliphatic heterocycles. The Balaban J connectivity index is 1.46. The second kappa shape index (κ2) is 6.81. The molecule has 148 valence electrons. The first-order valence-corrected chi connectivity index (χ1v) is 10.5. The standard InChI is InChI=1S/C21H19N3O4S/c1-11-19(26)23-14-8-12(6-7-16(14)28-11)15(25)9-24-10-22-20-18(21(24)27)13-4-2-3-5-17(13)29-20/h6-8,10-11H,2-5,9H2,1H3,(H,23,26). The van der Waals surface area contributed by atoms with Gasteiger partial charge in [-0.15, -0.1) is 11.3 Å². The number of nitrogens with one attached hydrogen (secondary N) is 1. The zero-order chi connectivity index (χ0) is 20.1. The van der Waals surface area contributed by atoms with Crippen LogP contribution in [0.2, 0.25) is 0 Å². The van der Waals surface area contributed by atoms with E-state index >= 15 is 0 Å². The average Bonchev–Trinajstić information content (AvgIpc) is 3.10. The zero-order valence-electron chi connectivity index (χ0n) is 15.9. The van der Waals surface area contributed by atoms with Gasteiger partial charge in [-0.3, -0.25) is 19.0 Å². The van der Waals surface area contributed by atoms with Gasteiger partial charge in [-0.2, -0.15) is 0 Å². The van der Waals surface area contributed by atoms with Gasteiger partial charge in [0.1, 0.15) is 10.6 Å². The summed E-state index contributed by atoms with van der Waals surface area (Å²) in [5.41, 5.74) is 1.82. The van der Waals surface area contributed by atoms with Crippen molar-refractivity contribution in [1.82, 2.24) is 9.55 Å². The van der Waals surface area contributed by atoms with Crippen molar-refractivity contribution in [2.75, 3.05) is 5.32 Å². The lowest BCUT2D eigenvalue weighted by atomic mass is 9.97. The van der Waals surface area contributed by atoms with E-state index in [0.29, 0.717) is 22.4 Å². The highest BCUT2D eigenvalue weighted by Gasteiger charge is 2.25. The number of aromatic nitrogens is 2. The van der Waals surface area contributed by atoms with Gasteiger partial charge in [0.2, 0.25) is 0 Å². The van der Waals surface area contributed by atoms with Crippen LogP contribution in [-0.4, -0.2) is 27.3 Å². The third-order valence-corrected chi connectivity index (χ3v) is 6.69. The molecule has 3 aromatic rings. The van der Waals surface area contributed by atoms with Gasteiger partial charge < -0.3 is 10.1 Å². The number of fused-ring (bicyclic) bond motifs is 4. The molecule has 29 heavy (non-hydrogen) atoms. The van der Waals surface area contributed by atoms with E-state index in [-0.39, 0.29) is 23.8 Å². The van der Waals surface area contributed by atoms with Crippen molar-refractivity contribution < 1.29 is 14.3 Å². The summed E-state index contributed by atoms with van der Waals surface area (Å²) in [7, 11) is 0. The zero-order valence-corrected chi connectivity index (χ0v) is 16.7. The first kappa shape index (κ1) is 18.1. The molecule has 8 heteroatoms. The number of hydrogen-bond donors (Lipinski definition) is 1. The largest absolute Gasteiger partial charge is 0.479 e. The fourth-order valence-corrected chi connectivity index (χ4v) is 5.14. The maximum absolute atomic E-state index is 13.0. The monoisotopic (exact) mass is 409 g/mol. The second-order valence-electron chi connectivity index (χ2n) is 7.45. The summed E-state index contributed by atoms with van der Waals surface area (Å²) in [6.07, 6.45) is 4.99. The van der Waals surface area contributed by atoms with Crippen LogP contribution in [0.25, 0.3) is 10.2 Å². The molecule has 0 bridgehead atoms. The summed E-state index contributed by atoms with van der Waals surface area (Å²) in [4.78, 5) is 44.1. The smallest absolute Gasteiger partial charge is 0.265 e. The lowest BCUT2D eigenvalue weighted by molar-refractivity contribution is -0.122. The van der Waals surface area contributed by atoms with Gasteiger partial charge in [0.05, 0.1) is 23.9 Å². The van der Waals surface area contributed by atoms with Gasteiger partial charge in [-0.1, -0.05) is 0 Å². The van der Waals surface area contributed by atoms with E-state index in [4.69, 9.17) is 4.74 Å². The highest BCUT2D eigenvalue weighted by Crippen LogP contribution is 2.33. The summed E-state index contributed by atoms with van der Waals surface area (Å²) < 4.78 is 6.90. The minimum atomic E-state index is -0.572. The van der Waals surface area contributed by atoms with E-state index in [1.807, 2.05) is 0 Å². The number of hydrogen-bond acceptors (Lipinski definition) is 6. The number of amides is 1. The molecule has 1 atom stereocenters. The number of Topliss-reactive ketones (excluding diaryl/α,β-unsaturated/α-hetero) is 1. The molecular formula is C21H19N3O4S. The van der Waals surface area contributed by atoms with Crippen molar-refractivity contribution in [1.29, 1.82) is 0 Å². The van der Waals surface area contributed by atoms with E-state index in [2.05, 4.69) is 10.3 Å². The minimum Gasteiger partial charge on any atom is -0.479 e. The molecule has 1 unspecified atom stereocenters. The van der Waals surface area contributed by atoms with Crippen molar-refractivity contribution >= 4 is 38.9 Å². The molecule has 5 rings (SSSR count). The van der Waals surface area contributed by atoms with Crippen LogP contribution in [0.5, 0.6) is 5.75 Å². The first-order chi connectivity index (χ1) is 14.0. The van der Waals surface area contributed by atoms with Crippen LogP contribution in [0.15, 0.2) is 29.3 Å². The summed E-state index contributed by atoms with van der Waals surface area (Å²) in [6.45, 7) is 1.56. The lowest BCUT2D eigenvalue weighted by Gasteiger charge is -2.23. The number of anilines is 1. The fourth-order valence-electron chi connectivity index (χ4n) is 3.92. The molecule has 0 fully saturated rings. The number of aryl methyl sites for hydroxylation is 2. The van der Waals surface area contributed by atoms with Crippen LogP contribution in [-0.2, 0) is 24.2 Å². The van der Waals surface area contributed by atoms with Gasteiger partial charge in [-0.25, -0.2) is 4.98 Å². The van der Waals surface area contributed by atoms with Gasteiger partial charge in [0, 0.05) is 10.4 Å². The first-order valence-electron chi connectivity index (χ1n) is 9.66. The van der Waals surface area contributed by atoms with Gasteiger partial charge >= 0.3 is 0 Å². The van der Waals surface area contributed by atoms with E-state index in [1.54, 1.807) is 36.5 Å². The number of thiophene rings is 1. The number of benzene rings is 1. The van der Waals surface area contributed by atoms with E-state index in [1.165, 1.54) is 15.8 Å². The lowest BCUT2D eigenvalue weighted by Crippen LogP contribution is -2.34. The molecular weight excluding hydrogens is 390 g/mol. The number of ketones is 1. The minimum absolute atomic E-state index is 0.101. The summed E-state index contributed by atoms with van der Waals surface area (Å²) in [5.74, 6) is 0.0435. The Kier molecular flexibility index (Phi) is 4.24. The number of ether oxygens (including phenoxy) is 1. The Morgan fingerprint density at radius 3 is 3.00 bits per heavy atom. The van der Waals surface area contributed by atoms with Gasteiger partial charge in [0.15, 0.2) is 11.9 Å². The maximum Gasteiger partial charge on any atom is 0.265 e.